The molecule has 4 nitrogen and oxygen atoms in total. The fourth-order valence-electron chi connectivity index (χ4n) is 4.03. The van der Waals surface area contributed by atoms with E-state index in [1.165, 1.54) is 29.5 Å². The van der Waals surface area contributed by atoms with Crippen LogP contribution in [0.3, 0.4) is 0 Å². The highest BCUT2D eigenvalue weighted by Gasteiger charge is 2.21. The van der Waals surface area contributed by atoms with Crippen molar-refractivity contribution in [3.8, 4) is 0 Å². The average Bonchev–Trinajstić information content (AvgIpc) is 3.28. The fraction of sp³-hybridized carbons (Fsp3) is 0.320. The van der Waals surface area contributed by atoms with Crippen molar-refractivity contribution in [1.29, 1.82) is 0 Å². The minimum atomic E-state index is -0.229. The van der Waals surface area contributed by atoms with Gasteiger partial charge in [-0.15, -0.1) is 0 Å². The minimum Gasteiger partial charge on any atom is -0.371 e. The van der Waals surface area contributed by atoms with Crippen LogP contribution in [0.4, 0.5) is 11.4 Å². The zero-order valence-electron chi connectivity index (χ0n) is 17.3. The second-order valence-corrected chi connectivity index (χ2v) is 7.97. The Bertz CT molecular complexity index is 994. The van der Waals surface area contributed by atoms with Gasteiger partial charge in [-0.05, 0) is 61.3 Å². The lowest BCUT2D eigenvalue weighted by Crippen LogP contribution is -2.39. The largest absolute Gasteiger partial charge is 0.371 e. The van der Waals surface area contributed by atoms with Crippen LogP contribution in [-0.4, -0.2) is 37.0 Å². The van der Waals surface area contributed by atoms with Crippen molar-refractivity contribution in [2.45, 2.75) is 32.4 Å². The Hall–Kier alpha value is -2.85. The monoisotopic (exact) mass is 387 g/mol. The number of fused-ring (bicyclic) bond motifs is 1. The van der Waals surface area contributed by atoms with Crippen LogP contribution in [0, 0.1) is 0 Å². The summed E-state index contributed by atoms with van der Waals surface area (Å²) in [6.45, 7) is 4.96. The number of anilines is 2. The number of nitrogens with one attached hydrogen (secondary N) is 1. The summed E-state index contributed by atoms with van der Waals surface area (Å²) in [5.74, 6) is 0.0152. The molecule has 0 bridgehead atoms. The lowest BCUT2D eigenvalue weighted by atomic mass is 10.1. The van der Waals surface area contributed by atoms with E-state index in [0.717, 1.165) is 30.7 Å². The number of nitrogens with zero attached hydrogens (tertiary/aromatic N) is 2. The molecule has 1 saturated heterocycles. The maximum atomic E-state index is 12.9. The molecule has 4 rings (SSSR count). The van der Waals surface area contributed by atoms with Crippen LogP contribution in [0.1, 0.15) is 25.3 Å². The van der Waals surface area contributed by atoms with Crippen molar-refractivity contribution >= 4 is 28.1 Å². The summed E-state index contributed by atoms with van der Waals surface area (Å²) in [5.41, 5.74) is 3.42. The molecule has 1 atom stereocenters. The topological polar surface area (TPSA) is 35.6 Å². The Balaban J connectivity index is 1.43. The molecule has 0 saturated carbocycles. The van der Waals surface area contributed by atoms with E-state index in [1.54, 1.807) is 0 Å². The Morgan fingerprint density at radius 1 is 1.00 bits per heavy atom. The zero-order valence-corrected chi connectivity index (χ0v) is 17.3. The first-order chi connectivity index (χ1) is 14.1. The summed E-state index contributed by atoms with van der Waals surface area (Å²) < 4.78 is 0. The van der Waals surface area contributed by atoms with Gasteiger partial charge in [-0.25, -0.2) is 0 Å². The first-order valence-corrected chi connectivity index (χ1v) is 10.4. The number of carbonyl (C=O) groups is 1. The fourth-order valence-corrected chi connectivity index (χ4v) is 4.03. The molecule has 1 amide bonds. The van der Waals surface area contributed by atoms with Gasteiger partial charge >= 0.3 is 0 Å². The van der Waals surface area contributed by atoms with E-state index in [9.17, 15) is 4.79 Å². The molecule has 1 unspecified atom stereocenters. The van der Waals surface area contributed by atoms with Gasteiger partial charge < -0.3 is 10.2 Å². The molecule has 4 heteroatoms. The van der Waals surface area contributed by atoms with Crippen molar-refractivity contribution in [2.75, 3.05) is 30.4 Å². The predicted octanol–water partition coefficient (Wildman–Crippen LogP) is 4.90. The van der Waals surface area contributed by atoms with Crippen LogP contribution in [0.5, 0.6) is 0 Å². The quantitative estimate of drug-likeness (QED) is 0.653. The van der Waals surface area contributed by atoms with E-state index < -0.39 is 0 Å². The van der Waals surface area contributed by atoms with Gasteiger partial charge in [0, 0.05) is 31.0 Å². The molecule has 1 fully saturated rings. The summed E-state index contributed by atoms with van der Waals surface area (Å²) in [6.07, 6.45) is 2.52. The van der Waals surface area contributed by atoms with Gasteiger partial charge in [0.05, 0.1) is 6.04 Å². The third-order valence-electron chi connectivity index (χ3n) is 5.92. The maximum absolute atomic E-state index is 12.9. The SMILES string of the molecule is CC(C(=O)Nc1ccc2ccccc2c1)N(C)Cc1ccccc1N1CCCC1. The summed E-state index contributed by atoms with van der Waals surface area (Å²) >= 11 is 0. The van der Waals surface area contributed by atoms with E-state index in [0.29, 0.717) is 0 Å². The van der Waals surface area contributed by atoms with Gasteiger partial charge in [0.25, 0.3) is 0 Å². The van der Waals surface area contributed by atoms with Crippen LogP contribution in [0.2, 0.25) is 0 Å². The number of hydrogen-bond acceptors (Lipinski definition) is 3. The predicted molar refractivity (Wildman–Crippen MR) is 121 cm³/mol. The highest BCUT2D eigenvalue weighted by molar-refractivity contribution is 5.97. The van der Waals surface area contributed by atoms with Crippen LogP contribution in [-0.2, 0) is 11.3 Å². The lowest BCUT2D eigenvalue weighted by Gasteiger charge is -2.27. The van der Waals surface area contributed by atoms with Crippen molar-refractivity contribution in [3.05, 3.63) is 72.3 Å². The number of para-hydroxylation sites is 1. The number of likely N-dealkylation sites (N-methyl/N-ethyl adjacent to an activating group) is 1. The van der Waals surface area contributed by atoms with Crippen molar-refractivity contribution in [3.63, 3.8) is 0 Å². The Kier molecular flexibility index (Phi) is 5.81. The second-order valence-electron chi connectivity index (χ2n) is 7.97. The van der Waals surface area contributed by atoms with Crippen LogP contribution in [0.25, 0.3) is 10.8 Å². The van der Waals surface area contributed by atoms with Crippen molar-refractivity contribution in [2.24, 2.45) is 0 Å². The van der Waals surface area contributed by atoms with Crippen LogP contribution in [0.15, 0.2) is 66.7 Å². The first-order valence-electron chi connectivity index (χ1n) is 10.4. The summed E-state index contributed by atoms with van der Waals surface area (Å²) in [7, 11) is 2.02. The number of hydrogen-bond donors (Lipinski definition) is 1. The normalized spacial score (nSPS) is 15.1. The van der Waals surface area contributed by atoms with Crippen LogP contribution >= 0.6 is 0 Å². The summed E-state index contributed by atoms with van der Waals surface area (Å²) in [4.78, 5) is 17.4. The molecule has 29 heavy (non-hydrogen) atoms. The van der Waals surface area contributed by atoms with Gasteiger partial charge in [-0.1, -0.05) is 48.5 Å². The van der Waals surface area contributed by atoms with E-state index in [4.69, 9.17) is 0 Å². The molecule has 1 aliphatic heterocycles. The highest BCUT2D eigenvalue weighted by Crippen LogP contribution is 2.26. The number of rotatable bonds is 6. The van der Waals surface area contributed by atoms with Gasteiger partial charge in [0.15, 0.2) is 0 Å². The average molecular weight is 388 g/mol. The highest BCUT2D eigenvalue weighted by atomic mass is 16.2. The number of benzene rings is 3. The summed E-state index contributed by atoms with van der Waals surface area (Å²) in [5, 5.41) is 5.38. The Morgan fingerprint density at radius 3 is 2.48 bits per heavy atom. The third kappa shape index (κ3) is 4.43. The molecule has 0 spiro atoms. The van der Waals surface area contributed by atoms with Gasteiger partial charge in [-0.2, -0.15) is 0 Å². The number of amides is 1. The van der Waals surface area contributed by atoms with Gasteiger partial charge in [-0.3, -0.25) is 9.69 Å². The molecule has 150 valence electrons. The van der Waals surface area contributed by atoms with E-state index in [1.807, 2.05) is 44.3 Å². The Morgan fingerprint density at radius 2 is 1.69 bits per heavy atom. The molecule has 0 aromatic heterocycles. The zero-order chi connectivity index (χ0) is 20.2. The Labute approximate surface area is 173 Å². The second kappa shape index (κ2) is 8.66. The molecular formula is C25H29N3O. The molecule has 3 aromatic rings. The van der Waals surface area contributed by atoms with Crippen molar-refractivity contribution in [1.82, 2.24) is 4.90 Å². The molecule has 0 aliphatic carbocycles. The first kappa shape index (κ1) is 19.5. The minimum absolute atomic E-state index is 0.0152. The molecule has 0 radical (unpaired) electrons. The standard InChI is InChI=1S/C25H29N3O/c1-19(25(29)26-23-14-13-20-9-3-4-10-21(20)17-23)27(2)18-22-11-5-6-12-24(22)28-15-7-8-16-28/h3-6,9-14,17,19H,7-8,15-16,18H2,1-2H3,(H,26,29). The molecule has 3 aromatic carbocycles. The third-order valence-corrected chi connectivity index (χ3v) is 5.92. The smallest absolute Gasteiger partial charge is 0.241 e. The lowest BCUT2D eigenvalue weighted by molar-refractivity contribution is -0.120. The van der Waals surface area contributed by atoms with Gasteiger partial charge in [0.2, 0.25) is 5.91 Å². The molecule has 1 aliphatic rings. The van der Waals surface area contributed by atoms with Crippen molar-refractivity contribution < 1.29 is 4.79 Å². The molecule has 1 heterocycles. The maximum Gasteiger partial charge on any atom is 0.241 e. The van der Waals surface area contributed by atoms with Gasteiger partial charge in [0.1, 0.15) is 0 Å². The van der Waals surface area contributed by atoms with E-state index in [2.05, 4.69) is 51.5 Å². The number of carbonyl (C=O) groups excluding carboxylic acids is 1. The van der Waals surface area contributed by atoms with E-state index >= 15 is 0 Å². The molecular weight excluding hydrogens is 358 g/mol. The molecule has 1 N–H and O–H groups in total. The summed E-state index contributed by atoms with van der Waals surface area (Å²) in [6, 6.07) is 22.6. The van der Waals surface area contributed by atoms with Crippen LogP contribution < -0.4 is 10.2 Å². The van der Waals surface area contributed by atoms with E-state index in [-0.39, 0.29) is 11.9 Å².